The van der Waals surface area contributed by atoms with Crippen LogP contribution < -0.4 is 10.6 Å². The maximum absolute atomic E-state index is 12.5. The molecule has 1 aromatic rings. The van der Waals surface area contributed by atoms with E-state index in [9.17, 15) is 4.79 Å². The number of nitrogens with one attached hydrogen (secondary N) is 2. The number of aliphatic imine (C=N–C) groups is 1. The van der Waals surface area contributed by atoms with Crippen molar-refractivity contribution >= 4 is 41.5 Å². The number of benzene rings is 1. The summed E-state index contributed by atoms with van der Waals surface area (Å²) in [5, 5.41) is 6.53. The first-order chi connectivity index (χ1) is 14.2. The number of methoxy groups -OCH3 is 1. The Hall–Kier alpha value is -1.35. The quantitative estimate of drug-likeness (QED) is 0.316. The van der Waals surface area contributed by atoms with Crippen LogP contribution in [0.2, 0.25) is 0 Å². The zero-order valence-electron chi connectivity index (χ0n) is 18.4. The second-order valence-electron chi connectivity index (χ2n) is 8.25. The van der Waals surface area contributed by atoms with E-state index in [4.69, 9.17) is 9.73 Å². The lowest BCUT2D eigenvalue weighted by Crippen LogP contribution is -2.40. The molecule has 1 atom stereocenters. The van der Waals surface area contributed by atoms with Crippen molar-refractivity contribution in [2.75, 3.05) is 38.7 Å². The summed E-state index contributed by atoms with van der Waals surface area (Å²) in [6.07, 6.45) is 6.77. The lowest BCUT2D eigenvalue weighted by atomic mass is 9.88. The van der Waals surface area contributed by atoms with Crippen LogP contribution in [-0.4, -0.2) is 50.1 Å². The largest absolute Gasteiger partial charge is 0.384 e. The molecule has 1 aliphatic carbocycles. The molecule has 0 bridgehead atoms. The summed E-state index contributed by atoms with van der Waals surface area (Å²) < 4.78 is 5.31. The molecule has 168 valence electrons. The molecule has 3 rings (SSSR count). The minimum Gasteiger partial charge on any atom is -0.384 e. The van der Waals surface area contributed by atoms with Gasteiger partial charge in [0.1, 0.15) is 0 Å². The van der Waals surface area contributed by atoms with Gasteiger partial charge in [-0.2, -0.15) is 0 Å². The Bertz CT molecular complexity index is 692. The predicted octanol–water partition coefficient (Wildman–Crippen LogP) is 4.26. The van der Waals surface area contributed by atoms with E-state index in [0.29, 0.717) is 12.5 Å². The smallest absolute Gasteiger partial charge is 0.227 e. The minimum atomic E-state index is 0. The first-order valence-electron chi connectivity index (χ1n) is 11.1. The normalized spacial score (nSPS) is 20.0. The van der Waals surface area contributed by atoms with Crippen LogP contribution in [0.25, 0.3) is 0 Å². The molecule has 2 aliphatic rings. The van der Waals surface area contributed by atoms with Gasteiger partial charge in [-0.25, -0.2) is 4.99 Å². The molecular weight excluding hydrogens is 491 g/mol. The van der Waals surface area contributed by atoms with Gasteiger partial charge < -0.3 is 20.3 Å². The molecule has 1 unspecified atom stereocenters. The number of hydrogen-bond donors (Lipinski definition) is 2. The van der Waals surface area contributed by atoms with Crippen molar-refractivity contribution in [3.63, 3.8) is 0 Å². The van der Waals surface area contributed by atoms with E-state index < -0.39 is 0 Å². The molecule has 7 heteroatoms. The van der Waals surface area contributed by atoms with Crippen molar-refractivity contribution in [3.05, 3.63) is 29.8 Å². The number of guanidine groups is 1. The maximum atomic E-state index is 12.5. The summed E-state index contributed by atoms with van der Waals surface area (Å²) in [7, 11) is 1.77. The SMILES string of the molecule is CCNC(=NCc1cccc(NC(=O)C2CCCCC2)c1)N1CCC(COC)C1.I. The van der Waals surface area contributed by atoms with Crippen LogP contribution in [0.1, 0.15) is 51.0 Å². The second-order valence-corrected chi connectivity index (χ2v) is 8.25. The Morgan fingerprint density at radius 2 is 2.03 bits per heavy atom. The minimum absolute atomic E-state index is 0. The Balaban J connectivity index is 0.00000320. The van der Waals surface area contributed by atoms with Gasteiger partial charge in [0.15, 0.2) is 5.96 Å². The van der Waals surface area contributed by atoms with Crippen molar-refractivity contribution in [1.29, 1.82) is 0 Å². The monoisotopic (exact) mass is 528 g/mol. The average Bonchev–Trinajstić information content (AvgIpc) is 3.21. The lowest BCUT2D eigenvalue weighted by molar-refractivity contribution is -0.120. The fourth-order valence-corrected chi connectivity index (χ4v) is 4.35. The highest BCUT2D eigenvalue weighted by molar-refractivity contribution is 14.0. The third-order valence-corrected chi connectivity index (χ3v) is 5.90. The third-order valence-electron chi connectivity index (χ3n) is 5.90. The number of rotatable bonds is 7. The van der Waals surface area contributed by atoms with Gasteiger partial charge in [-0.05, 0) is 43.9 Å². The van der Waals surface area contributed by atoms with Gasteiger partial charge in [0.25, 0.3) is 0 Å². The highest BCUT2D eigenvalue weighted by Crippen LogP contribution is 2.25. The number of carbonyl (C=O) groups excluding carboxylic acids is 1. The van der Waals surface area contributed by atoms with Crippen molar-refractivity contribution < 1.29 is 9.53 Å². The summed E-state index contributed by atoms with van der Waals surface area (Å²) in [5.74, 6) is 1.87. The predicted molar refractivity (Wildman–Crippen MR) is 133 cm³/mol. The van der Waals surface area contributed by atoms with E-state index in [1.807, 2.05) is 18.2 Å². The highest BCUT2D eigenvalue weighted by Gasteiger charge is 2.24. The van der Waals surface area contributed by atoms with Crippen LogP contribution in [-0.2, 0) is 16.1 Å². The Kier molecular flexibility index (Phi) is 10.9. The van der Waals surface area contributed by atoms with Gasteiger partial charge in [-0.3, -0.25) is 4.79 Å². The Morgan fingerprint density at radius 1 is 1.23 bits per heavy atom. The molecule has 30 heavy (non-hydrogen) atoms. The van der Waals surface area contributed by atoms with Gasteiger partial charge in [0.2, 0.25) is 5.91 Å². The van der Waals surface area contributed by atoms with Gasteiger partial charge >= 0.3 is 0 Å². The van der Waals surface area contributed by atoms with Crippen LogP contribution in [0, 0.1) is 11.8 Å². The fraction of sp³-hybridized carbons (Fsp3) is 0.652. The molecule has 1 saturated heterocycles. The van der Waals surface area contributed by atoms with E-state index in [0.717, 1.165) is 62.7 Å². The molecule has 2 N–H and O–H groups in total. The van der Waals surface area contributed by atoms with Gasteiger partial charge in [-0.15, -0.1) is 24.0 Å². The van der Waals surface area contributed by atoms with Gasteiger partial charge in [0, 0.05) is 44.3 Å². The number of amides is 1. The zero-order valence-corrected chi connectivity index (χ0v) is 20.7. The number of nitrogens with zero attached hydrogens (tertiary/aromatic N) is 2. The van der Waals surface area contributed by atoms with E-state index >= 15 is 0 Å². The van der Waals surface area contributed by atoms with E-state index in [1.54, 1.807) is 7.11 Å². The standard InChI is InChI=1S/C23H36N4O2.HI/c1-3-24-23(27-13-12-19(16-27)17-29-2)25-15-18-8-7-11-21(14-18)26-22(28)20-9-5-4-6-10-20;/h7-8,11,14,19-20H,3-6,9-10,12-13,15-17H2,1-2H3,(H,24,25)(H,26,28);1H. The first-order valence-corrected chi connectivity index (χ1v) is 11.1. The number of likely N-dealkylation sites (tertiary alicyclic amines) is 1. The van der Waals surface area contributed by atoms with Gasteiger partial charge in [-0.1, -0.05) is 31.4 Å². The van der Waals surface area contributed by atoms with Crippen LogP contribution >= 0.6 is 24.0 Å². The van der Waals surface area contributed by atoms with Crippen molar-refractivity contribution in [2.24, 2.45) is 16.8 Å². The average molecular weight is 528 g/mol. The summed E-state index contributed by atoms with van der Waals surface area (Å²) in [6.45, 7) is 6.34. The molecular formula is C23H37IN4O2. The van der Waals surface area contributed by atoms with Crippen LogP contribution in [0.4, 0.5) is 5.69 Å². The molecule has 0 radical (unpaired) electrons. The molecule has 1 aliphatic heterocycles. The molecule has 2 fully saturated rings. The second kappa shape index (κ2) is 13.1. The molecule has 6 nitrogen and oxygen atoms in total. The maximum Gasteiger partial charge on any atom is 0.227 e. The van der Waals surface area contributed by atoms with Crippen molar-refractivity contribution in [2.45, 2.75) is 52.0 Å². The number of hydrogen-bond acceptors (Lipinski definition) is 3. The van der Waals surface area contributed by atoms with Gasteiger partial charge in [0.05, 0.1) is 13.2 Å². The van der Waals surface area contributed by atoms with Crippen LogP contribution in [0.3, 0.4) is 0 Å². The molecule has 0 aromatic heterocycles. The fourth-order valence-electron chi connectivity index (χ4n) is 4.35. The summed E-state index contributed by atoms with van der Waals surface area (Å²) in [6, 6.07) is 8.08. The lowest BCUT2D eigenvalue weighted by Gasteiger charge is -2.22. The molecule has 1 amide bonds. The summed E-state index contributed by atoms with van der Waals surface area (Å²) in [4.78, 5) is 19.7. The first kappa shape index (κ1) is 24.9. The highest BCUT2D eigenvalue weighted by atomic mass is 127. The van der Waals surface area contributed by atoms with E-state index in [1.165, 1.54) is 19.3 Å². The molecule has 1 saturated carbocycles. The number of carbonyl (C=O) groups is 1. The topological polar surface area (TPSA) is 66.0 Å². The molecule has 0 spiro atoms. The van der Waals surface area contributed by atoms with Crippen LogP contribution in [0.5, 0.6) is 0 Å². The Labute approximate surface area is 198 Å². The third kappa shape index (κ3) is 7.41. The molecule has 1 aromatic carbocycles. The summed E-state index contributed by atoms with van der Waals surface area (Å²) >= 11 is 0. The van der Waals surface area contributed by atoms with Crippen molar-refractivity contribution in [3.8, 4) is 0 Å². The van der Waals surface area contributed by atoms with Crippen molar-refractivity contribution in [1.82, 2.24) is 10.2 Å². The number of halogens is 1. The summed E-state index contributed by atoms with van der Waals surface area (Å²) in [5.41, 5.74) is 1.98. The molecule has 1 heterocycles. The van der Waals surface area contributed by atoms with Crippen LogP contribution in [0.15, 0.2) is 29.3 Å². The number of ether oxygens (including phenoxy) is 1. The number of anilines is 1. The van der Waals surface area contributed by atoms with E-state index in [2.05, 4.69) is 28.5 Å². The zero-order chi connectivity index (χ0) is 20.5. The Morgan fingerprint density at radius 3 is 2.77 bits per heavy atom. The van der Waals surface area contributed by atoms with E-state index in [-0.39, 0.29) is 35.8 Å².